The summed E-state index contributed by atoms with van der Waals surface area (Å²) in [5, 5.41) is 3.28. The largest absolute Gasteiger partial charge is 0.465 e. The number of nitrogens with zero attached hydrogens (tertiary/aromatic N) is 1. The molecule has 2 aliphatic rings. The van der Waals surface area contributed by atoms with Crippen LogP contribution in [0.15, 0.2) is 0 Å². The molecule has 1 N–H and O–H groups in total. The SMILES string of the molecule is CCOC(=O)C1(NC)CCCC(N2CC(C)CC2C)C1. The molecule has 0 spiro atoms. The summed E-state index contributed by atoms with van der Waals surface area (Å²) in [5.74, 6) is 0.714. The van der Waals surface area contributed by atoms with Gasteiger partial charge in [-0.05, 0) is 58.9 Å². The Morgan fingerprint density at radius 3 is 2.75 bits per heavy atom. The van der Waals surface area contributed by atoms with Crippen molar-refractivity contribution in [3.63, 3.8) is 0 Å². The highest BCUT2D eigenvalue weighted by Crippen LogP contribution is 2.36. The van der Waals surface area contributed by atoms with Gasteiger partial charge in [-0.2, -0.15) is 0 Å². The maximum atomic E-state index is 12.4. The fourth-order valence-electron chi connectivity index (χ4n) is 4.15. The predicted octanol–water partition coefficient (Wildman–Crippen LogP) is 2.18. The van der Waals surface area contributed by atoms with Crippen LogP contribution in [-0.4, -0.2) is 48.7 Å². The van der Waals surface area contributed by atoms with Gasteiger partial charge in [-0.3, -0.25) is 9.69 Å². The Morgan fingerprint density at radius 2 is 2.20 bits per heavy atom. The van der Waals surface area contributed by atoms with Crippen molar-refractivity contribution in [2.45, 2.75) is 70.5 Å². The van der Waals surface area contributed by atoms with E-state index in [1.807, 2.05) is 14.0 Å². The molecule has 116 valence electrons. The summed E-state index contributed by atoms with van der Waals surface area (Å²) >= 11 is 0. The van der Waals surface area contributed by atoms with E-state index in [1.165, 1.54) is 19.4 Å². The smallest absolute Gasteiger partial charge is 0.326 e. The lowest BCUT2D eigenvalue weighted by molar-refractivity contribution is -0.153. The summed E-state index contributed by atoms with van der Waals surface area (Å²) in [4.78, 5) is 15.0. The highest BCUT2D eigenvalue weighted by Gasteiger charge is 2.45. The fourth-order valence-corrected chi connectivity index (χ4v) is 4.15. The van der Waals surface area contributed by atoms with Crippen LogP contribution in [0.3, 0.4) is 0 Å². The van der Waals surface area contributed by atoms with Crippen molar-refractivity contribution < 1.29 is 9.53 Å². The van der Waals surface area contributed by atoms with E-state index in [0.717, 1.165) is 25.2 Å². The van der Waals surface area contributed by atoms with E-state index in [1.54, 1.807) is 0 Å². The maximum Gasteiger partial charge on any atom is 0.326 e. The van der Waals surface area contributed by atoms with Gasteiger partial charge in [0.15, 0.2) is 0 Å². The monoisotopic (exact) mass is 282 g/mol. The Bertz CT molecular complexity index is 347. The van der Waals surface area contributed by atoms with Gasteiger partial charge >= 0.3 is 5.97 Å². The Balaban J connectivity index is 2.08. The lowest BCUT2D eigenvalue weighted by Gasteiger charge is -2.43. The minimum atomic E-state index is -0.468. The van der Waals surface area contributed by atoms with Crippen LogP contribution < -0.4 is 5.32 Å². The van der Waals surface area contributed by atoms with Crippen molar-refractivity contribution >= 4 is 5.97 Å². The van der Waals surface area contributed by atoms with Gasteiger partial charge in [0.1, 0.15) is 5.54 Å². The molecule has 4 heteroatoms. The zero-order valence-corrected chi connectivity index (χ0v) is 13.4. The van der Waals surface area contributed by atoms with E-state index >= 15 is 0 Å². The molecule has 1 saturated heterocycles. The van der Waals surface area contributed by atoms with Crippen LogP contribution in [0.2, 0.25) is 0 Å². The van der Waals surface area contributed by atoms with E-state index < -0.39 is 5.54 Å². The third-order valence-corrected chi connectivity index (χ3v) is 5.17. The summed E-state index contributed by atoms with van der Waals surface area (Å²) in [7, 11) is 1.90. The van der Waals surface area contributed by atoms with E-state index in [4.69, 9.17) is 4.74 Å². The molecule has 4 atom stereocenters. The van der Waals surface area contributed by atoms with Gasteiger partial charge in [-0.1, -0.05) is 6.92 Å². The predicted molar refractivity (Wildman–Crippen MR) is 80.6 cm³/mol. The number of ether oxygens (including phenoxy) is 1. The summed E-state index contributed by atoms with van der Waals surface area (Å²) < 4.78 is 5.31. The number of likely N-dealkylation sites (tertiary alicyclic amines) is 1. The van der Waals surface area contributed by atoms with Crippen molar-refractivity contribution in [3.05, 3.63) is 0 Å². The lowest BCUT2D eigenvalue weighted by Crippen LogP contribution is -2.58. The second-order valence-corrected chi connectivity index (χ2v) is 6.69. The molecule has 2 rings (SSSR count). The lowest BCUT2D eigenvalue weighted by atomic mass is 9.78. The highest BCUT2D eigenvalue weighted by atomic mass is 16.5. The van der Waals surface area contributed by atoms with E-state index in [9.17, 15) is 4.79 Å². The second-order valence-electron chi connectivity index (χ2n) is 6.69. The van der Waals surface area contributed by atoms with Gasteiger partial charge in [0.05, 0.1) is 6.61 Å². The molecule has 0 bridgehead atoms. The average molecular weight is 282 g/mol. The topological polar surface area (TPSA) is 41.6 Å². The Morgan fingerprint density at radius 1 is 1.45 bits per heavy atom. The summed E-state index contributed by atoms with van der Waals surface area (Å²) in [6.45, 7) is 8.17. The highest BCUT2D eigenvalue weighted by molar-refractivity contribution is 5.81. The van der Waals surface area contributed by atoms with Crippen LogP contribution in [0, 0.1) is 5.92 Å². The van der Waals surface area contributed by atoms with Crippen molar-refractivity contribution in [2.75, 3.05) is 20.2 Å². The zero-order valence-electron chi connectivity index (χ0n) is 13.4. The molecule has 1 heterocycles. The fraction of sp³-hybridized carbons (Fsp3) is 0.938. The van der Waals surface area contributed by atoms with Crippen LogP contribution in [0.1, 0.15) is 52.9 Å². The number of carbonyl (C=O) groups excluding carboxylic acids is 1. The van der Waals surface area contributed by atoms with Crippen LogP contribution in [0.25, 0.3) is 0 Å². The summed E-state index contributed by atoms with van der Waals surface area (Å²) in [6, 6.07) is 1.16. The third kappa shape index (κ3) is 3.01. The third-order valence-electron chi connectivity index (χ3n) is 5.17. The first kappa shape index (κ1) is 15.8. The van der Waals surface area contributed by atoms with E-state index in [2.05, 4.69) is 24.1 Å². The molecule has 0 amide bonds. The number of nitrogens with one attached hydrogen (secondary N) is 1. The molecule has 2 fully saturated rings. The van der Waals surface area contributed by atoms with Crippen molar-refractivity contribution in [1.82, 2.24) is 10.2 Å². The average Bonchev–Trinajstić information content (AvgIpc) is 2.78. The van der Waals surface area contributed by atoms with Crippen molar-refractivity contribution in [1.29, 1.82) is 0 Å². The molecule has 1 aliphatic heterocycles. The normalized spacial score (nSPS) is 38.9. The van der Waals surface area contributed by atoms with Gasteiger partial charge < -0.3 is 10.1 Å². The van der Waals surface area contributed by atoms with E-state index in [0.29, 0.717) is 18.7 Å². The van der Waals surface area contributed by atoms with E-state index in [-0.39, 0.29) is 5.97 Å². The molecular formula is C16H30N2O2. The maximum absolute atomic E-state index is 12.4. The van der Waals surface area contributed by atoms with Gasteiger partial charge in [0.25, 0.3) is 0 Å². The number of hydrogen-bond donors (Lipinski definition) is 1. The number of carbonyl (C=O) groups is 1. The molecule has 20 heavy (non-hydrogen) atoms. The minimum Gasteiger partial charge on any atom is -0.465 e. The first-order chi connectivity index (χ1) is 9.52. The van der Waals surface area contributed by atoms with Crippen LogP contribution in [-0.2, 0) is 9.53 Å². The Kier molecular flexibility index (Phi) is 5.08. The van der Waals surface area contributed by atoms with Gasteiger partial charge in [0, 0.05) is 18.6 Å². The zero-order chi connectivity index (χ0) is 14.8. The molecule has 1 aliphatic carbocycles. The molecule has 0 radical (unpaired) electrons. The van der Waals surface area contributed by atoms with Crippen molar-refractivity contribution in [2.24, 2.45) is 5.92 Å². The molecule has 0 aromatic carbocycles. The molecular weight excluding hydrogens is 252 g/mol. The molecule has 4 nitrogen and oxygen atoms in total. The molecule has 1 saturated carbocycles. The first-order valence-corrected chi connectivity index (χ1v) is 8.14. The Labute approximate surface area is 123 Å². The molecule has 4 unspecified atom stereocenters. The van der Waals surface area contributed by atoms with Crippen LogP contribution >= 0.6 is 0 Å². The molecule has 0 aromatic heterocycles. The number of hydrogen-bond acceptors (Lipinski definition) is 4. The summed E-state index contributed by atoms with van der Waals surface area (Å²) in [6.07, 6.45) is 5.38. The van der Waals surface area contributed by atoms with Gasteiger partial charge in [-0.15, -0.1) is 0 Å². The minimum absolute atomic E-state index is 0.0629. The van der Waals surface area contributed by atoms with Crippen molar-refractivity contribution in [3.8, 4) is 0 Å². The Hall–Kier alpha value is -0.610. The van der Waals surface area contributed by atoms with Gasteiger partial charge in [-0.25, -0.2) is 0 Å². The second kappa shape index (κ2) is 6.44. The van der Waals surface area contributed by atoms with Gasteiger partial charge in [0.2, 0.25) is 0 Å². The summed E-state index contributed by atoms with van der Waals surface area (Å²) in [5.41, 5.74) is -0.468. The quantitative estimate of drug-likeness (QED) is 0.803. The standard InChI is InChI=1S/C16H30N2O2/c1-5-20-15(19)16(17-4)8-6-7-14(10-16)18-11-12(2)9-13(18)3/h12-14,17H,5-11H2,1-4H3. The molecule has 0 aromatic rings. The first-order valence-electron chi connectivity index (χ1n) is 8.14. The number of esters is 1. The van der Waals surface area contributed by atoms with Crippen LogP contribution in [0.4, 0.5) is 0 Å². The van der Waals surface area contributed by atoms with Crippen LogP contribution in [0.5, 0.6) is 0 Å². The number of rotatable bonds is 4. The number of likely N-dealkylation sites (N-methyl/N-ethyl adjacent to an activating group) is 1.